The van der Waals surface area contributed by atoms with E-state index in [2.05, 4.69) is 4.98 Å². The van der Waals surface area contributed by atoms with E-state index < -0.39 is 16.4 Å². The quantitative estimate of drug-likeness (QED) is 0.685. The summed E-state index contributed by atoms with van der Waals surface area (Å²) in [6.07, 6.45) is 1.49. The SMILES string of the molecule is C[C@@H](N)c1ccnc(Oc2ccc(F)cc2[N+](=O)[O-])c1. The van der Waals surface area contributed by atoms with Crippen LogP contribution in [0.1, 0.15) is 18.5 Å². The maximum absolute atomic E-state index is 13.0. The van der Waals surface area contributed by atoms with E-state index >= 15 is 0 Å². The van der Waals surface area contributed by atoms with Gasteiger partial charge in [-0.3, -0.25) is 10.1 Å². The van der Waals surface area contributed by atoms with E-state index in [4.69, 9.17) is 10.5 Å². The lowest BCUT2D eigenvalue weighted by molar-refractivity contribution is -0.385. The summed E-state index contributed by atoms with van der Waals surface area (Å²) in [5.41, 5.74) is 6.05. The van der Waals surface area contributed by atoms with E-state index in [1.165, 1.54) is 12.3 Å². The molecule has 0 bridgehead atoms. The standard InChI is InChI=1S/C13H12FN3O3/c1-8(15)9-4-5-16-13(6-9)20-12-3-2-10(14)7-11(12)17(18)19/h2-8H,15H2,1H3/t8-/m1/s1. The zero-order chi connectivity index (χ0) is 14.7. The molecule has 2 aromatic rings. The molecule has 1 aromatic heterocycles. The zero-order valence-corrected chi connectivity index (χ0v) is 10.6. The zero-order valence-electron chi connectivity index (χ0n) is 10.6. The maximum Gasteiger partial charge on any atom is 0.314 e. The Morgan fingerprint density at radius 1 is 1.40 bits per heavy atom. The molecule has 1 atom stereocenters. The smallest absolute Gasteiger partial charge is 0.314 e. The largest absolute Gasteiger partial charge is 0.432 e. The van der Waals surface area contributed by atoms with Crippen LogP contribution in [0, 0.1) is 15.9 Å². The maximum atomic E-state index is 13.0. The highest BCUT2D eigenvalue weighted by molar-refractivity contribution is 5.48. The van der Waals surface area contributed by atoms with Crippen molar-refractivity contribution in [1.29, 1.82) is 0 Å². The molecular weight excluding hydrogens is 265 g/mol. The minimum Gasteiger partial charge on any atom is -0.432 e. The number of nitrogens with two attached hydrogens (primary N) is 1. The summed E-state index contributed by atoms with van der Waals surface area (Å²) in [6, 6.07) is 6.15. The molecule has 0 radical (unpaired) electrons. The van der Waals surface area contributed by atoms with E-state index in [0.29, 0.717) is 0 Å². The van der Waals surface area contributed by atoms with Gasteiger partial charge in [-0.05, 0) is 30.7 Å². The first kappa shape index (κ1) is 13.9. The Balaban J connectivity index is 2.35. The molecule has 0 saturated carbocycles. The molecule has 0 saturated heterocycles. The molecular formula is C13H12FN3O3. The highest BCUT2D eigenvalue weighted by Crippen LogP contribution is 2.31. The number of benzene rings is 1. The molecule has 104 valence electrons. The number of nitro groups is 1. The van der Waals surface area contributed by atoms with Crippen LogP contribution in [0.3, 0.4) is 0 Å². The third-order valence-corrected chi connectivity index (χ3v) is 2.62. The summed E-state index contributed by atoms with van der Waals surface area (Å²) in [4.78, 5) is 14.1. The first-order valence-electron chi connectivity index (χ1n) is 5.80. The van der Waals surface area contributed by atoms with E-state index in [-0.39, 0.29) is 17.7 Å². The van der Waals surface area contributed by atoms with Gasteiger partial charge in [-0.15, -0.1) is 0 Å². The van der Waals surface area contributed by atoms with Crippen LogP contribution in [0.4, 0.5) is 10.1 Å². The number of nitro benzene ring substituents is 1. The minimum absolute atomic E-state index is 0.0780. The Labute approximate surface area is 114 Å². The van der Waals surface area contributed by atoms with Crippen LogP contribution in [0.15, 0.2) is 36.5 Å². The molecule has 0 unspecified atom stereocenters. The van der Waals surface area contributed by atoms with Gasteiger partial charge in [0.05, 0.1) is 11.0 Å². The van der Waals surface area contributed by atoms with Crippen molar-refractivity contribution >= 4 is 5.69 Å². The number of rotatable bonds is 4. The minimum atomic E-state index is -0.714. The van der Waals surface area contributed by atoms with Crippen molar-refractivity contribution < 1.29 is 14.1 Å². The van der Waals surface area contributed by atoms with E-state index in [1.807, 2.05) is 0 Å². The van der Waals surface area contributed by atoms with Crippen LogP contribution < -0.4 is 10.5 Å². The van der Waals surface area contributed by atoms with Gasteiger partial charge in [-0.25, -0.2) is 9.37 Å². The third-order valence-electron chi connectivity index (χ3n) is 2.62. The van der Waals surface area contributed by atoms with Gasteiger partial charge in [0.25, 0.3) is 0 Å². The molecule has 0 aliphatic carbocycles. The molecule has 2 N–H and O–H groups in total. The Morgan fingerprint density at radius 3 is 2.80 bits per heavy atom. The van der Waals surface area contributed by atoms with Crippen LogP contribution in [0.25, 0.3) is 0 Å². The molecule has 1 aromatic carbocycles. The molecule has 0 aliphatic rings. The highest BCUT2D eigenvalue weighted by atomic mass is 19.1. The normalized spacial score (nSPS) is 11.9. The lowest BCUT2D eigenvalue weighted by atomic mass is 10.1. The number of pyridine rings is 1. The lowest BCUT2D eigenvalue weighted by Gasteiger charge is -2.09. The molecule has 20 heavy (non-hydrogen) atoms. The van der Waals surface area contributed by atoms with Crippen LogP contribution >= 0.6 is 0 Å². The third kappa shape index (κ3) is 3.07. The van der Waals surface area contributed by atoms with Crippen molar-refractivity contribution in [3.63, 3.8) is 0 Å². The summed E-state index contributed by atoms with van der Waals surface area (Å²) >= 11 is 0. The Morgan fingerprint density at radius 2 is 2.15 bits per heavy atom. The average Bonchev–Trinajstić information content (AvgIpc) is 2.41. The Hall–Kier alpha value is -2.54. The van der Waals surface area contributed by atoms with Crippen LogP contribution in [0.5, 0.6) is 11.6 Å². The van der Waals surface area contributed by atoms with Crippen molar-refractivity contribution in [3.8, 4) is 11.6 Å². The molecule has 7 heteroatoms. The second kappa shape index (κ2) is 5.62. The number of hydrogen-bond donors (Lipinski definition) is 1. The van der Waals surface area contributed by atoms with E-state index in [1.54, 1.807) is 19.1 Å². The lowest BCUT2D eigenvalue weighted by Crippen LogP contribution is -2.05. The van der Waals surface area contributed by atoms with Crippen molar-refractivity contribution in [2.24, 2.45) is 5.73 Å². The van der Waals surface area contributed by atoms with E-state index in [9.17, 15) is 14.5 Å². The predicted octanol–water partition coefficient (Wildman–Crippen LogP) is 2.94. The molecule has 0 fully saturated rings. The first-order valence-corrected chi connectivity index (χ1v) is 5.80. The van der Waals surface area contributed by atoms with Crippen molar-refractivity contribution in [3.05, 3.63) is 58.0 Å². The van der Waals surface area contributed by atoms with Gasteiger partial charge < -0.3 is 10.5 Å². The van der Waals surface area contributed by atoms with Gasteiger partial charge in [0.2, 0.25) is 11.6 Å². The van der Waals surface area contributed by atoms with Crippen LogP contribution in [-0.2, 0) is 0 Å². The summed E-state index contributed by atoms with van der Waals surface area (Å²) in [5, 5.41) is 10.9. The second-order valence-electron chi connectivity index (χ2n) is 4.19. The van der Waals surface area contributed by atoms with Gasteiger partial charge in [-0.1, -0.05) is 0 Å². The molecule has 0 amide bonds. The highest BCUT2D eigenvalue weighted by Gasteiger charge is 2.17. The van der Waals surface area contributed by atoms with Crippen molar-refractivity contribution in [2.75, 3.05) is 0 Å². The van der Waals surface area contributed by atoms with Crippen molar-refractivity contribution in [2.45, 2.75) is 13.0 Å². The molecule has 6 nitrogen and oxygen atoms in total. The summed E-state index contributed by atoms with van der Waals surface area (Å²) < 4.78 is 18.4. The Bertz CT molecular complexity index is 647. The first-order chi connectivity index (χ1) is 9.47. The molecule has 2 rings (SSSR count). The molecule has 1 heterocycles. The number of hydrogen-bond acceptors (Lipinski definition) is 5. The van der Waals surface area contributed by atoms with Gasteiger partial charge in [0.1, 0.15) is 5.82 Å². The number of nitrogens with zero attached hydrogens (tertiary/aromatic N) is 2. The average molecular weight is 277 g/mol. The summed E-state index contributed by atoms with van der Waals surface area (Å²) in [5.74, 6) is -0.624. The van der Waals surface area contributed by atoms with E-state index in [0.717, 1.165) is 17.7 Å². The van der Waals surface area contributed by atoms with Crippen LogP contribution in [-0.4, -0.2) is 9.91 Å². The fourth-order valence-corrected chi connectivity index (χ4v) is 1.60. The van der Waals surface area contributed by atoms with Crippen molar-refractivity contribution in [1.82, 2.24) is 4.98 Å². The molecule has 0 aliphatic heterocycles. The fourth-order valence-electron chi connectivity index (χ4n) is 1.60. The summed E-state index contributed by atoms with van der Waals surface area (Å²) in [7, 11) is 0. The number of ether oxygens (including phenoxy) is 1. The fraction of sp³-hybridized carbons (Fsp3) is 0.154. The second-order valence-corrected chi connectivity index (χ2v) is 4.19. The topological polar surface area (TPSA) is 91.3 Å². The monoisotopic (exact) mass is 277 g/mol. The number of aromatic nitrogens is 1. The summed E-state index contributed by atoms with van der Waals surface area (Å²) in [6.45, 7) is 1.79. The van der Waals surface area contributed by atoms with Gasteiger partial charge >= 0.3 is 5.69 Å². The predicted molar refractivity (Wildman–Crippen MR) is 70.0 cm³/mol. The molecule has 0 spiro atoms. The van der Waals surface area contributed by atoms with Gasteiger partial charge in [0, 0.05) is 18.3 Å². The van der Waals surface area contributed by atoms with Gasteiger partial charge in [-0.2, -0.15) is 0 Å². The Kier molecular flexibility index (Phi) is 3.90. The van der Waals surface area contributed by atoms with Crippen LogP contribution in [0.2, 0.25) is 0 Å². The van der Waals surface area contributed by atoms with Gasteiger partial charge in [0.15, 0.2) is 0 Å². The number of halogens is 1.